The Kier molecular flexibility index (Phi) is 5.84. The van der Waals surface area contributed by atoms with Crippen LogP contribution in [0.4, 0.5) is 0 Å². The van der Waals surface area contributed by atoms with Gasteiger partial charge in [-0.15, -0.1) is 0 Å². The Hall–Kier alpha value is -2.27. The number of methoxy groups -OCH3 is 1. The average Bonchev–Trinajstić information content (AvgIpc) is 3.03. The third kappa shape index (κ3) is 4.96. The van der Waals surface area contributed by atoms with Crippen LogP contribution in [-0.2, 0) is 17.8 Å². The Morgan fingerprint density at radius 3 is 2.86 bits per heavy atom. The molecule has 0 saturated heterocycles. The summed E-state index contributed by atoms with van der Waals surface area (Å²) in [7, 11) is 1.66. The van der Waals surface area contributed by atoms with E-state index in [-0.39, 0.29) is 12.5 Å². The summed E-state index contributed by atoms with van der Waals surface area (Å²) >= 11 is 0. The zero-order valence-corrected chi connectivity index (χ0v) is 12.1. The van der Waals surface area contributed by atoms with Crippen LogP contribution in [0.3, 0.4) is 0 Å². The molecule has 1 heterocycles. The summed E-state index contributed by atoms with van der Waals surface area (Å²) in [6, 6.07) is 11.5. The first-order valence-electron chi connectivity index (χ1n) is 6.91. The summed E-state index contributed by atoms with van der Waals surface area (Å²) in [6.45, 7) is 1.42. The van der Waals surface area contributed by atoms with Crippen LogP contribution in [-0.4, -0.2) is 26.1 Å². The zero-order valence-electron chi connectivity index (χ0n) is 12.1. The molecule has 0 atom stereocenters. The highest BCUT2D eigenvalue weighted by Gasteiger charge is 2.04. The molecule has 0 aliphatic heterocycles. The van der Waals surface area contributed by atoms with Gasteiger partial charge in [0.15, 0.2) is 0 Å². The van der Waals surface area contributed by atoms with Crippen LogP contribution in [0.5, 0.6) is 5.75 Å². The molecule has 0 saturated carbocycles. The van der Waals surface area contributed by atoms with Crippen molar-refractivity contribution in [3.8, 4) is 5.75 Å². The molecule has 5 nitrogen and oxygen atoms in total. The van der Waals surface area contributed by atoms with E-state index < -0.39 is 0 Å². The summed E-state index contributed by atoms with van der Waals surface area (Å²) in [5.74, 6) is 1.57. The van der Waals surface area contributed by atoms with Gasteiger partial charge >= 0.3 is 0 Å². The second-order valence-electron chi connectivity index (χ2n) is 4.59. The first kappa shape index (κ1) is 15.1. The number of nitrogens with one attached hydrogen (secondary N) is 2. The monoisotopic (exact) mass is 288 g/mol. The molecule has 112 valence electrons. The predicted octanol–water partition coefficient (Wildman–Crippen LogP) is 1.74. The Labute approximate surface area is 124 Å². The summed E-state index contributed by atoms with van der Waals surface area (Å²) in [4.78, 5) is 11.6. The molecule has 0 radical (unpaired) electrons. The van der Waals surface area contributed by atoms with Crippen molar-refractivity contribution in [1.82, 2.24) is 10.6 Å². The number of amides is 1. The van der Waals surface area contributed by atoms with Gasteiger partial charge in [-0.25, -0.2) is 0 Å². The molecule has 21 heavy (non-hydrogen) atoms. The van der Waals surface area contributed by atoms with Crippen LogP contribution >= 0.6 is 0 Å². The van der Waals surface area contributed by atoms with Crippen molar-refractivity contribution in [3.05, 3.63) is 54.0 Å². The van der Waals surface area contributed by atoms with Crippen molar-refractivity contribution in [2.75, 3.05) is 20.2 Å². The molecular weight excluding hydrogens is 268 g/mol. The molecule has 2 aromatic rings. The van der Waals surface area contributed by atoms with E-state index in [2.05, 4.69) is 10.6 Å². The second kappa shape index (κ2) is 8.11. The van der Waals surface area contributed by atoms with Crippen molar-refractivity contribution in [2.45, 2.75) is 13.0 Å². The van der Waals surface area contributed by atoms with E-state index in [1.807, 2.05) is 30.3 Å². The summed E-state index contributed by atoms with van der Waals surface area (Å²) in [5.41, 5.74) is 1.13. The van der Waals surface area contributed by atoms with Gasteiger partial charge in [0.1, 0.15) is 11.5 Å². The lowest BCUT2D eigenvalue weighted by Gasteiger charge is -2.09. The van der Waals surface area contributed by atoms with E-state index in [1.165, 1.54) is 0 Å². The maximum absolute atomic E-state index is 11.6. The number of rotatable bonds is 8. The highest BCUT2D eigenvalue weighted by Crippen LogP contribution is 2.17. The molecular formula is C16H20N2O3. The van der Waals surface area contributed by atoms with Crippen LogP contribution in [0.2, 0.25) is 0 Å². The maximum atomic E-state index is 11.6. The highest BCUT2D eigenvalue weighted by molar-refractivity contribution is 5.77. The molecule has 1 amide bonds. The second-order valence-corrected chi connectivity index (χ2v) is 4.59. The molecule has 5 heteroatoms. The molecule has 2 N–H and O–H groups in total. The largest absolute Gasteiger partial charge is 0.496 e. The molecule has 0 unspecified atom stereocenters. The van der Waals surface area contributed by atoms with Gasteiger partial charge in [-0.2, -0.15) is 0 Å². The number of ether oxygens (including phenoxy) is 1. The van der Waals surface area contributed by atoms with Gasteiger partial charge in [-0.1, -0.05) is 18.2 Å². The predicted molar refractivity (Wildman–Crippen MR) is 80.1 cm³/mol. The third-order valence-electron chi connectivity index (χ3n) is 3.09. The first-order chi connectivity index (χ1) is 10.3. The van der Waals surface area contributed by atoms with Crippen LogP contribution in [0, 0.1) is 0 Å². The van der Waals surface area contributed by atoms with Gasteiger partial charge in [-0.3, -0.25) is 4.79 Å². The fourth-order valence-electron chi connectivity index (χ4n) is 2.00. The quantitative estimate of drug-likeness (QED) is 0.726. The third-order valence-corrected chi connectivity index (χ3v) is 3.09. The van der Waals surface area contributed by atoms with Gasteiger partial charge in [0, 0.05) is 0 Å². The van der Waals surface area contributed by atoms with E-state index in [1.54, 1.807) is 19.4 Å². The Bertz CT molecular complexity index is 552. The summed E-state index contributed by atoms with van der Waals surface area (Å²) < 4.78 is 10.4. The van der Waals surface area contributed by atoms with Crippen LogP contribution < -0.4 is 15.4 Å². The lowest BCUT2D eigenvalue weighted by Crippen LogP contribution is -2.34. The number of carbonyl (C=O) groups is 1. The average molecular weight is 288 g/mol. The van der Waals surface area contributed by atoms with E-state index >= 15 is 0 Å². The zero-order chi connectivity index (χ0) is 14.9. The van der Waals surface area contributed by atoms with Gasteiger partial charge in [-0.05, 0) is 36.7 Å². The number of hydrogen-bond acceptors (Lipinski definition) is 4. The SMILES string of the molecule is COc1ccccc1CCNCC(=O)NCc1ccco1. The fourth-order valence-corrected chi connectivity index (χ4v) is 2.00. The lowest BCUT2D eigenvalue weighted by molar-refractivity contribution is -0.120. The van der Waals surface area contributed by atoms with Crippen molar-refractivity contribution in [2.24, 2.45) is 0 Å². The Balaban J connectivity index is 1.64. The minimum absolute atomic E-state index is 0.0496. The van der Waals surface area contributed by atoms with Gasteiger partial charge in [0.2, 0.25) is 5.91 Å². The van der Waals surface area contributed by atoms with Crippen molar-refractivity contribution in [3.63, 3.8) is 0 Å². The lowest BCUT2D eigenvalue weighted by atomic mass is 10.1. The van der Waals surface area contributed by atoms with Crippen LogP contribution in [0.15, 0.2) is 47.1 Å². The standard InChI is InChI=1S/C16H20N2O3/c1-20-15-7-3-2-5-13(15)8-9-17-12-16(19)18-11-14-6-4-10-21-14/h2-7,10,17H,8-9,11-12H2,1H3,(H,18,19). The van der Waals surface area contributed by atoms with E-state index in [9.17, 15) is 4.79 Å². The molecule has 0 aliphatic rings. The molecule has 0 spiro atoms. The summed E-state index contributed by atoms with van der Waals surface area (Å²) in [5, 5.41) is 5.90. The highest BCUT2D eigenvalue weighted by atomic mass is 16.5. The van der Waals surface area contributed by atoms with E-state index in [4.69, 9.17) is 9.15 Å². The van der Waals surface area contributed by atoms with Crippen LogP contribution in [0.1, 0.15) is 11.3 Å². The van der Waals surface area contributed by atoms with Gasteiger partial charge in [0.05, 0.1) is 26.5 Å². The smallest absolute Gasteiger partial charge is 0.234 e. The van der Waals surface area contributed by atoms with Gasteiger partial charge < -0.3 is 19.8 Å². The first-order valence-corrected chi connectivity index (χ1v) is 6.91. The Morgan fingerprint density at radius 2 is 2.10 bits per heavy atom. The number of benzene rings is 1. The fraction of sp³-hybridized carbons (Fsp3) is 0.312. The minimum atomic E-state index is -0.0496. The normalized spacial score (nSPS) is 10.3. The van der Waals surface area contributed by atoms with Crippen molar-refractivity contribution < 1.29 is 13.9 Å². The van der Waals surface area contributed by atoms with E-state index in [0.717, 1.165) is 23.5 Å². The molecule has 1 aromatic carbocycles. The number of para-hydroxylation sites is 1. The van der Waals surface area contributed by atoms with Crippen molar-refractivity contribution >= 4 is 5.91 Å². The molecule has 0 fully saturated rings. The molecule has 0 bridgehead atoms. The minimum Gasteiger partial charge on any atom is -0.496 e. The van der Waals surface area contributed by atoms with Crippen molar-refractivity contribution in [1.29, 1.82) is 0 Å². The molecule has 0 aliphatic carbocycles. The van der Waals surface area contributed by atoms with Gasteiger partial charge in [0.25, 0.3) is 0 Å². The number of carbonyl (C=O) groups excluding carboxylic acids is 1. The Morgan fingerprint density at radius 1 is 1.24 bits per heavy atom. The topological polar surface area (TPSA) is 63.5 Å². The number of hydrogen-bond donors (Lipinski definition) is 2. The molecule has 1 aromatic heterocycles. The maximum Gasteiger partial charge on any atom is 0.234 e. The molecule has 2 rings (SSSR count). The summed E-state index contributed by atoms with van der Waals surface area (Å²) in [6.07, 6.45) is 2.41. The van der Waals surface area contributed by atoms with Crippen LogP contribution in [0.25, 0.3) is 0 Å². The van der Waals surface area contributed by atoms with E-state index in [0.29, 0.717) is 13.1 Å². The number of furan rings is 1.